The van der Waals surface area contributed by atoms with Crippen LogP contribution in [0.1, 0.15) is 29.7 Å². The van der Waals surface area contributed by atoms with Crippen molar-refractivity contribution in [3.8, 4) is 0 Å². The van der Waals surface area contributed by atoms with Gasteiger partial charge in [-0.1, -0.05) is 53.5 Å². The fourth-order valence-corrected chi connectivity index (χ4v) is 2.40. The lowest BCUT2D eigenvalue weighted by Gasteiger charge is -2.15. The molecule has 1 N–H and O–H groups in total. The van der Waals surface area contributed by atoms with E-state index in [9.17, 15) is 0 Å². The van der Waals surface area contributed by atoms with Crippen LogP contribution in [0.3, 0.4) is 0 Å². The third-order valence-corrected chi connectivity index (χ3v) is 4.13. The molecule has 1 unspecified atom stereocenters. The molecule has 0 aliphatic carbocycles. The fraction of sp³-hybridized carbons (Fsp3) is 0.294. The first kappa shape index (κ1) is 16.3. The Morgan fingerprint density at radius 1 is 1.00 bits per heavy atom. The molecule has 2 nitrogen and oxygen atoms in total. The van der Waals surface area contributed by atoms with Crippen LogP contribution < -0.4 is 5.32 Å². The first-order valence-electron chi connectivity index (χ1n) is 6.85. The summed E-state index contributed by atoms with van der Waals surface area (Å²) in [6.45, 7) is 3.56. The Hall–Kier alpha value is -1.06. The van der Waals surface area contributed by atoms with E-state index in [1.165, 1.54) is 11.1 Å². The molecule has 1 atom stereocenters. The van der Waals surface area contributed by atoms with E-state index in [1.807, 2.05) is 18.2 Å². The van der Waals surface area contributed by atoms with Crippen molar-refractivity contribution in [1.82, 2.24) is 5.32 Å². The highest BCUT2D eigenvalue weighted by atomic mass is 35.5. The molecule has 2 aromatic carbocycles. The van der Waals surface area contributed by atoms with Gasteiger partial charge in [-0.25, -0.2) is 0 Å². The fourth-order valence-electron chi connectivity index (χ4n) is 2.09. The van der Waals surface area contributed by atoms with Gasteiger partial charge < -0.3 is 10.1 Å². The van der Waals surface area contributed by atoms with Crippen molar-refractivity contribution in [2.24, 2.45) is 0 Å². The first-order chi connectivity index (χ1) is 10.1. The number of methoxy groups -OCH3 is 1. The van der Waals surface area contributed by atoms with Crippen LogP contribution in [-0.4, -0.2) is 7.11 Å². The van der Waals surface area contributed by atoms with Gasteiger partial charge in [0, 0.05) is 19.7 Å². The van der Waals surface area contributed by atoms with Gasteiger partial charge in [0.05, 0.1) is 16.7 Å². The lowest BCUT2D eigenvalue weighted by Crippen LogP contribution is -2.18. The number of ether oxygens (including phenoxy) is 1. The van der Waals surface area contributed by atoms with E-state index in [2.05, 4.69) is 36.5 Å². The van der Waals surface area contributed by atoms with Crippen LogP contribution >= 0.6 is 23.2 Å². The molecule has 4 heteroatoms. The average molecular weight is 324 g/mol. The summed E-state index contributed by atoms with van der Waals surface area (Å²) in [5.74, 6) is 0. The van der Waals surface area contributed by atoms with Crippen LogP contribution in [0.2, 0.25) is 10.0 Å². The topological polar surface area (TPSA) is 21.3 Å². The highest BCUT2D eigenvalue weighted by molar-refractivity contribution is 6.42. The first-order valence-corrected chi connectivity index (χ1v) is 7.61. The van der Waals surface area contributed by atoms with Crippen molar-refractivity contribution >= 4 is 23.2 Å². The van der Waals surface area contributed by atoms with Gasteiger partial charge in [0.15, 0.2) is 0 Å². The number of nitrogens with one attached hydrogen (secondary N) is 1. The van der Waals surface area contributed by atoms with Gasteiger partial charge in [-0.15, -0.1) is 0 Å². The zero-order chi connectivity index (χ0) is 15.2. The van der Waals surface area contributed by atoms with E-state index < -0.39 is 0 Å². The average Bonchev–Trinajstić information content (AvgIpc) is 2.49. The Labute approximate surface area is 136 Å². The minimum Gasteiger partial charge on any atom is -0.380 e. The maximum atomic E-state index is 6.05. The highest BCUT2D eigenvalue weighted by Gasteiger charge is 2.07. The molecular weight excluding hydrogens is 305 g/mol. The third-order valence-electron chi connectivity index (χ3n) is 3.39. The lowest BCUT2D eigenvalue weighted by atomic mass is 10.1. The Morgan fingerprint density at radius 2 is 1.67 bits per heavy atom. The molecule has 0 aromatic heterocycles. The Kier molecular flexibility index (Phi) is 6.07. The second-order valence-electron chi connectivity index (χ2n) is 5.03. The van der Waals surface area contributed by atoms with Crippen LogP contribution in [0.15, 0.2) is 42.5 Å². The van der Waals surface area contributed by atoms with Gasteiger partial charge in [-0.2, -0.15) is 0 Å². The van der Waals surface area contributed by atoms with E-state index >= 15 is 0 Å². The number of rotatable bonds is 6. The van der Waals surface area contributed by atoms with Crippen molar-refractivity contribution in [2.45, 2.75) is 26.1 Å². The molecule has 0 radical (unpaired) electrons. The summed E-state index contributed by atoms with van der Waals surface area (Å²) >= 11 is 12.0. The molecule has 0 saturated carbocycles. The predicted octanol–water partition coefficient (Wildman–Crippen LogP) is 4.99. The summed E-state index contributed by atoms with van der Waals surface area (Å²) in [6.07, 6.45) is 0. The molecule has 2 aromatic rings. The standard InChI is InChI=1S/C17H19Cl2NO/c1-12(15-7-8-16(18)17(19)9-15)20-10-13-3-5-14(6-4-13)11-21-2/h3-9,12,20H,10-11H2,1-2H3. The van der Waals surface area contributed by atoms with Gasteiger partial charge in [0.25, 0.3) is 0 Å². The smallest absolute Gasteiger partial charge is 0.0713 e. The molecule has 0 heterocycles. The molecule has 0 aliphatic heterocycles. The third kappa shape index (κ3) is 4.72. The SMILES string of the molecule is COCc1ccc(CNC(C)c2ccc(Cl)c(Cl)c2)cc1. The normalized spacial score (nSPS) is 12.4. The van der Waals surface area contributed by atoms with Crippen LogP contribution in [0, 0.1) is 0 Å². The van der Waals surface area contributed by atoms with Gasteiger partial charge in [-0.05, 0) is 35.7 Å². The summed E-state index contributed by atoms with van der Waals surface area (Å²) < 4.78 is 5.11. The molecule has 2 rings (SSSR count). The van der Waals surface area contributed by atoms with Crippen LogP contribution in [0.25, 0.3) is 0 Å². The van der Waals surface area contributed by atoms with Crippen molar-refractivity contribution in [2.75, 3.05) is 7.11 Å². The molecule has 0 amide bonds. The largest absolute Gasteiger partial charge is 0.380 e. The molecule has 21 heavy (non-hydrogen) atoms. The number of hydrogen-bond acceptors (Lipinski definition) is 2. The lowest BCUT2D eigenvalue weighted by molar-refractivity contribution is 0.185. The number of benzene rings is 2. The monoisotopic (exact) mass is 323 g/mol. The van der Waals surface area contributed by atoms with Crippen molar-refractivity contribution < 1.29 is 4.74 Å². The molecule has 0 fully saturated rings. The van der Waals surface area contributed by atoms with Crippen LogP contribution in [-0.2, 0) is 17.9 Å². The summed E-state index contributed by atoms with van der Waals surface area (Å²) in [4.78, 5) is 0. The molecule has 0 aliphatic rings. The van der Waals surface area contributed by atoms with Gasteiger partial charge in [-0.3, -0.25) is 0 Å². The van der Waals surface area contributed by atoms with Gasteiger partial charge in [0.2, 0.25) is 0 Å². The minimum absolute atomic E-state index is 0.207. The maximum Gasteiger partial charge on any atom is 0.0713 e. The molecule has 0 saturated heterocycles. The van der Waals surface area contributed by atoms with E-state index in [1.54, 1.807) is 7.11 Å². The Morgan fingerprint density at radius 3 is 2.29 bits per heavy atom. The summed E-state index contributed by atoms with van der Waals surface area (Å²) in [5, 5.41) is 4.65. The van der Waals surface area contributed by atoms with E-state index in [0.29, 0.717) is 16.7 Å². The Balaban J connectivity index is 1.93. The number of hydrogen-bond donors (Lipinski definition) is 1. The maximum absolute atomic E-state index is 6.05. The quantitative estimate of drug-likeness (QED) is 0.808. The minimum atomic E-state index is 0.207. The highest BCUT2D eigenvalue weighted by Crippen LogP contribution is 2.25. The van der Waals surface area contributed by atoms with Crippen molar-refractivity contribution in [3.63, 3.8) is 0 Å². The zero-order valence-corrected chi connectivity index (χ0v) is 13.7. The predicted molar refractivity (Wildman–Crippen MR) is 88.9 cm³/mol. The Bertz CT molecular complexity index is 584. The second kappa shape index (κ2) is 7.81. The zero-order valence-electron chi connectivity index (χ0n) is 12.2. The van der Waals surface area contributed by atoms with Crippen molar-refractivity contribution in [1.29, 1.82) is 0 Å². The molecular formula is C17H19Cl2NO. The summed E-state index contributed by atoms with van der Waals surface area (Å²) in [5.41, 5.74) is 3.54. The second-order valence-corrected chi connectivity index (χ2v) is 5.84. The number of halogens is 2. The molecule has 0 spiro atoms. The van der Waals surface area contributed by atoms with Gasteiger partial charge in [0.1, 0.15) is 0 Å². The summed E-state index contributed by atoms with van der Waals surface area (Å²) in [7, 11) is 1.70. The molecule has 112 valence electrons. The van der Waals surface area contributed by atoms with Crippen LogP contribution in [0.5, 0.6) is 0 Å². The van der Waals surface area contributed by atoms with Crippen LogP contribution in [0.4, 0.5) is 0 Å². The van der Waals surface area contributed by atoms with E-state index in [4.69, 9.17) is 27.9 Å². The molecule has 0 bridgehead atoms. The van der Waals surface area contributed by atoms with Gasteiger partial charge >= 0.3 is 0 Å². The van der Waals surface area contributed by atoms with Crippen molar-refractivity contribution in [3.05, 3.63) is 69.2 Å². The van der Waals surface area contributed by atoms with E-state index in [-0.39, 0.29) is 6.04 Å². The summed E-state index contributed by atoms with van der Waals surface area (Å²) in [6, 6.07) is 14.3. The van der Waals surface area contributed by atoms with E-state index in [0.717, 1.165) is 12.1 Å².